The van der Waals surface area contributed by atoms with Gasteiger partial charge in [0.2, 0.25) is 0 Å². The molecule has 130 valence electrons. The highest BCUT2D eigenvalue weighted by atomic mass is 32.1. The summed E-state index contributed by atoms with van der Waals surface area (Å²) in [5.74, 6) is 0.196. The van der Waals surface area contributed by atoms with Crippen molar-refractivity contribution in [3.63, 3.8) is 0 Å². The smallest absolute Gasteiger partial charge is 0.271 e. The summed E-state index contributed by atoms with van der Waals surface area (Å²) in [6.07, 6.45) is 6.30. The Morgan fingerprint density at radius 1 is 1.48 bits per heavy atom. The van der Waals surface area contributed by atoms with Crippen LogP contribution in [-0.4, -0.2) is 44.7 Å². The molecule has 3 aromatic heterocycles. The van der Waals surface area contributed by atoms with Crippen molar-refractivity contribution in [1.29, 1.82) is 0 Å². The van der Waals surface area contributed by atoms with Gasteiger partial charge >= 0.3 is 0 Å². The molecule has 1 saturated heterocycles. The minimum atomic E-state index is -0.149. The molecule has 1 aliphatic rings. The van der Waals surface area contributed by atoms with Crippen molar-refractivity contribution in [2.45, 2.75) is 6.42 Å². The Kier molecular flexibility index (Phi) is 4.00. The zero-order valence-corrected chi connectivity index (χ0v) is 14.6. The van der Waals surface area contributed by atoms with Crippen molar-refractivity contribution in [2.24, 2.45) is 13.0 Å². The summed E-state index contributed by atoms with van der Waals surface area (Å²) in [6, 6.07) is 1.60. The van der Waals surface area contributed by atoms with Crippen LogP contribution in [0.4, 0.5) is 5.69 Å². The summed E-state index contributed by atoms with van der Waals surface area (Å²) in [7, 11) is 1.63. The Morgan fingerprint density at radius 2 is 2.36 bits per heavy atom. The van der Waals surface area contributed by atoms with E-state index < -0.39 is 0 Å². The molecule has 0 aliphatic carbocycles. The predicted molar refractivity (Wildman–Crippen MR) is 95.2 cm³/mol. The number of amides is 1. The zero-order chi connectivity index (χ0) is 17.4. The highest BCUT2D eigenvalue weighted by Crippen LogP contribution is 2.21. The molecule has 0 spiro atoms. The van der Waals surface area contributed by atoms with Crippen molar-refractivity contribution < 1.29 is 4.79 Å². The van der Waals surface area contributed by atoms with E-state index in [1.54, 1.807) is 25.5 Å². The van der Waals surface area contributed by atoms with Gasteiger partial charge in [0.05, 0.1) is 11.9 Å². The number of hydrogen-bond donors (Lipinski definition) is 1. The topological polar surface area (TPSA) is 84.5 Å². The third-order valence-corrected chi connectivity index (χ3v) is 5.25. The SMILES string of the molecule is Cn1ncc(N2CC[C@H](CNC(=O)c3cn4ccsc4n3)C2)cc1=O. The Bertz CT molecular complexity index is 946. The highest BCUT2D eigenvalue weighted by molar-refractivity contribution is 7.15. The first-order chi connectivity index (χ1) is 12.1. The molecule has 4 rings (SSSR count). The van der Waals surface area contributed by atoms with Crippen LogP contribution in [0.25, 0.3) is 4.96 Å². The summed E-state index contributed by atoms with van der Waals surface area (Å²) in [4.78, 5) is 31.2. The monoisotopic (exact) mass is 358 g/mol. The van der Waals surface area contributed by atoms with Gasteiger partial charge in [0.1, 0.15) is 5.69 Å². The lowest BCUT2D eigenvalue weighted by atomic mass is 10.1. The summed E-state index contributed by atoms with van der Waals surface area (Å²) < 4.78 is 3.16. The molecule has 1 aliphatic heterocycles. The number of rotatable bonds is 4. The van der Waals surface area contributed by atoms with E-state index in [1.165, 1.54) is 16.0 Å². The standard InChI is InChI=1S/C16H18N6O2S/c1-20-14(23)6-12(8-18-20)21-3-2-11(9-21)7-17-15(24)13-10-22-4-5-25-16(22)19-13/h4-6,8,10-11H,2-3,7,9H2,1H3,(H,17,24)/t11-/m1/s1. The number of anilines is 1. The first-order valence-electron chi connectivity index (χ1n) is 8.09. The van der Waals surface area contributed by atoms with Gasteiger partial charge in [-0.1, -0.05) is 0 Å². The Labute approximate surface area is 147 Å². The number of nitrogens with zero attached hydrogens (tertiary/aromatic N) is 5. The van der Waals surface area contributed by atoms with E-state index >= 15 is 0 Å². The fraction of sp³-hybridized carbons (Fsp3) is 0.375. The summed E-state index contributed by atoms with van der Waals surface area (Å²) >= 11 is 1.50. The molecule has 0 saturated carbocycles. The second-order valence-corrected chi connectivity index (χ2v) is 7.08. The number of nitrogens with one attached hydrogen (secondary N) is 1. The van der Waals surface area contributed by atoms with Gasteiger partial charge in [0.15, 0.2) is 4.96 Å². The molecule has 0 radical (unpaired) electrons. The molecule has 3 aromatic rings. The van der Waals surface area contributed by atoms with Crippen LogP contribution in [0.15, 0.2) is 34.8 Å². The summed E-state index contributed by atoms with van der Waals surface area (Å²) in [5.41, 5.74) is 1.16. The molecule has 9 heteroatoms. The predicted octanol–water partition coefficient (Wildman–Crippen LogP) is 0.746. The van der Waals surface area contributed by atoms with E-state index in [9.17, 15) is 9.59 Å². The number of carbonyl (C=O) groups is 1. The maximum atomic E-state index is 12.3. The molecule has 1 N–H and O–H groups in total. The minimum Gasteiger partial charge on any atom is -0.370 e. The lowest BCUT2D eigenvalue weighted by Gasteiger charge is -2.18. The maximum absolute atomic E-state index is 12.3. The van der Waals surface area contributed by atoms with Crippen LogP contribution in [-0.2, 0) is 7.05 Å². The van der Waals surface area contributed by atoms with Crippen LogP contribution in [0.1, 0.15) is 16.9 Å². The number of thiazole rings is 1. The van der Waals surface area contributed by atoms with Crippen LogP contribution in [0.2, 0.25) is 0 Å². The quantitative estimate of drug-likeness (QED) is 0.744. The van der Waals surface area contributed by atoms with Crippen LogP contribution >= 0.6 is 11.3 Å². The van der Waals surface area contributed by atoms with Gasteiger partial charge < -0.3 is 10.2 Å². The lowest BCUT2D eigenvalue weighted by molar-refractivity contribution is 0.0944. The van der Waals surface area contributed by atoms with E-state index in [0.29, 0.717) is 18.2 Å². The van der Waals surface area contributed by atoms with Crippen LogP contribution in [0.3, 0.4) is 0 Å². The van der Waals surface area contributed by atoms with Gasteiger partial charge in [-0.2, -0.15) is 5.10 Å². The minimum absolute atomic E-state index is 0.117. The molecule has 1 amide bonds. The average Bonchev–Trinajstić information content (AvgIpc) is 3.30. The van der Waals surface area contributed by atoms with Crippen molar-refractivity contribution in [2.75, 3.05) is 24.5 Å². The Hall–Kier alpha value is -2.68. The molecule has 0 bridgehead atoms. The van der Waals surface area contributed by atoms with Crippen LogP contribution in [0.5, 0.6) is 0 Å². The molecule has 1 fully saturated rings. The molecular formula is C16H18N6O2S. The van der Waals surface area contributed by atoms with Crippen molar-refractivity contribution in [3.8, 4) is 0 Å². The second-order valence-electron chi connectivity index (χ2n) is 6.21. The normalized spacial score (nSPS) is 17.3. The lowest BCUT2D eigenvalue weighted by Crippen LogP contribution is -2.31. The van der Waals surface area contributed by atoms with E-state index in [4.69, 9.17) is 0 Å². The highest BCUT2D eigenvalue weighted by Gasteiger charge is 2.24. The molecule has 4 heterocycles. The van der Waals surface area contributed by atoms with Crippen LogP contribution < -0.4 is 15.8 Å². The number of fused-ring (bicyclic) bond motifs is 1. The molecule has 1 atom stereocenters. The third kappa shape index (κ3) is 3.14. The number of aromatic nitrogens is 4. The first kappa shape index (κ1) is 15.8. The second kappa shape index (κ2) is 6.32. The van der Waals surface area contributed by atoms with Gasteiger partial charge in [-0.15, -0.1) is 11.3 Å². The maximum Gasteiger partial charge on any atom is 0.271 e. The average molecular weight is 358 g/mol. The van der Waals surface area contributed by atoms with Crippen LogP contribution in [0, 0.1) is 5.92 Å². The third-order valence-electron chi connectivity index (χ3n) is 4.48. The van der Waals surface area contributed by atoms with Crippen molar-refractivity contribution in [1.82, 2.24) is 24.5 Å². The van der Waals surface area contributed by atoms with Gasteiger partial charge in [-0.25, -0.2) is 9.67 Å². The molecule has 0 unspecified atom stereocenters. The fourth-order valence-electron chi connectivity index (χ4n) is 3.03. The largest absolute Gasteiger partial charge is 0.370 e. The van der Waals surface area contributed by atoms with E-state index in [-0.39, 0.29) is 11.5 Å². The number of aryl methyl sites for hydroxylation is 1. The van der Waals surface area contributed by atoms with Gasteiger partial charge in [-0.05, 0) is 12.3 Å². The number of carbonyl (C=O) groups excluding carboxylic acids is 1. The van der Waals surface area contributed by atoms with Crippen molar-refractivity contribution >= 4 is 27.9 Å². The summed E-state index contributed by atoms with van der Waals surface area (Å²) in [6.45, 7) is 2.25. The fourth-order valence-corrected chi connectivity index (χ4v) is 3.73. The van der Waals surface area contributed by atoms with Gasteiger partial charge in [-0.3, -0.25) is 14.0 Å². The Balaban J connectivity index is 1.34. The molecule has 0 aromatic carbocycles. The summed E-state index contributed by atoms with van der Waals surface area (Å²) in [5, 5.41) is 8.96. The van der Waals surface area contributed by atoms with E-state index in [0.717, 1.165) is 30.2 Å². The van der Waals surface area contributed by atoms with E-state index in [1.807, 2.05) is 16.0 Å². The molecular weight excluding hydrogens is 340 g/mol. The van der Waals surface area contributed by atoms with Gasteiger partial charge in [0.25, 0.3) is 11.5 Å². The zero-order valence-electron chi connectivity index (χ0n) is 13.8. The molecule has 25 heavy (non-hydrogen) atoms. The van der Waals surface area contributed by atoms with Crippen molar-refractivity contribution in [3.05, 3.63) is 46.1 Å². The molecule has 8 nitrogen and oxygen atoms in total. The first-order valence-corrected chi connectivity index (χ1v) is 8.97. The van der Waals surface area contributed by atoms with E-state index in [2.05, 4.69) is 20.3 Å². The number of imidazole rings is 1. The number of hydrogen-bond acceptors (Lipinski definition) is 6. The Morgan fingerprint density at radius 3 is 3.16 bits per heavy atom. The van der Waals surface area contributed by atoms with Gasteiger partial charge in [0, 0.05) is 50.5 Å².